The molecule has 0 amide bonds. The standard InChI is InChI=1S/C15H21N5O2S/c1-10-15(11(2)19-18-10)14-9-16-8-13(17-14)12-4-6-20(7-5-12)23(3,21)22/h8-9,12H,4-7H2,1-3H3,(H,18,19). The molecule has 0 unspecified atom stereocenters. The molecule has 2 aromatic rings. The van der Waals surface area contributed by atoms with Gasteiger partial charge < -0.3 is 0 Å². The SMILES string of the molecule is Cc1n[nH]c(C)c1-c1cncc(C2CCN(S(C)(=O)=O)CC2)n1. The van der Waals surface area contributed by atoms with Crippen LogP contribution in [0.3, 0.4) is 0 Å². The Hall–Kier alpha value is -1.80. The predicted molar refractivity (Wildman–Crippen MR) is 87.5 cm³/mol. The fraction of sp³-hybridized carbons (Fsp3) is 0.533. The summed E-state index contributed by atoms with van der Waals surface area (Å²) in [6.45, 7) is 4.99. The van der Waals surface area contributed by atoms with Crippen LogP contribution in [-0.2, 0) is 10.0 Å². The van der Waals surface area contributed by atoms with Crippen LogP contribution in [0.1, 0.15) is 35.8 Å². The van der Waals surface area contributed by atoms with Crippen LogP contribution in [0.25, 0.3) is 11.3 Å². The molecule has 0 atom stereocenters. The zero-order chi connectivity index (χ0) is 16.6. The maximum Gasteiger partial charge on any atom is 0.211 e. The van der Waals surface area contributed by atoms with E-state index in [1.54, 1.807) is 12.4 Å². The van der Waals surface area contributed by atoms with Gasteiger partial charge in [-0.3, -0.25) is 10.1 Å². The second-order valence-electron chi connectivity index (χ2n) is 6.07. The van der Waals surface area contributed by atoms with Crippen molar-refractivity contribution in [2.24, 2.45) is 0 Å². The second kappa shape index (κ2) is 6.01. The Bertz CT molecular complexity index is 788. The first-order valence-corrected chi connectivity index (χ1v) is 9.50. The van der Waals surface area contributed by atoms with Gasteiger partial charge in [-0.25, -0.2) is 17.7 Å². The lowest BCUT2D eigenvalue weighted by atomic mass is 9.94. The van der Waals surface area contributed by atoms with Crippen molar-refractivity contribution < 1.29 is 8.42 Å². The summed E-state index contributed by atoms with van der Waals surface area (Å²) in [6, 6.07) is 0. The Morgan fingerprint density at radius 3 is 2.48 bits per heavy atom. The van der Waals surface area contributed by atoms with Gasteiger partial charge in [0.05, 0.1) is 29.5 Å². The summed E-state index contributed by atoms with van der Waals surface area (Å²) < 4.78 is 24.7. The van der Waals surface area contributed by atoms with Crippen LogP contribution in [-0.4, -0.2) is 52.2 Å². The molecule has 0 aliphatic carbocycles. The predicted octanol–water partition coefficient (Wildman–Crippen LogP) is 1.62. The Kier molecular flexibility index (Phi) is 4.20. The van der Waals surface area contributed by atoms with Crippen LogP contribution in [0.15, 0.2) is 12.4 Å². The Balaban J connectivity index is 1.82. The largest absolute Gasteiger partial charge is 0.282 e. The molecule has 0 aromatic carbocycles. The van der Waals surface area contributed by atoms with E-state index in [4.69, 9.17) is 4.98 Å². The quantitative estimate of drug-likeness (QED) is 0.920. The van der Waals surface area contributed by atoms with E-state index in [0.717, 1.165) is 41.2 Å². The molecule has 1 N–H and O–H groups in total. The summed E-state index contributed by atoms with van der Waals surface area (Å²) in [7, 11) is -3.10. The maximum absolute atomic E-state index is 11.6. The molecule has 7 nitrogen and oxygen atoms in total. The van der Waals surface area contributed by atoms with Gasteiger partial charge in [0, 0.05) is 36.5 Å². The Morgan fingerprint density at radius 2 is 1.91 bits per heavy atom. The van der Waals surface area contributed by atoms with Crippen molar-refractivity contribution in [2.45, 2.75) is 32.6 Å². The van der Waals surface area contributed by atoms with E-state index in [9.17, 15) is 8.42 Å². The van der Waals surface area contributed by atoms with E-state index >= 15 is 0 Å². The van der Waals surface area contributed by atoms with E-state index in [1.807, 2.05) is 13.8 Å². The minimum atomic E-state index is -3.10. The van der Waals surface area contributed by atoms with E-state index in [0.29, 0.717) is 13.1 Å². The molecule has 124 valence electrons. The number of hydrogen-bond acceptors (Lipinski definition) is 5. The van der Waals surface area contributed by atoms with Crippen molar-refractivity contribution in [3.63, 3.8) is 0 Å². The van der Waals surface area contributed by atoms with Gasteiger partial charge in [0.1, 0.15) is 0 Å². The molecule has 0 saturated carbocycles. The van der Waals surface area contributed by atoms with Gasteiger partial charge in [0.25, 0.3) is 0 Å². The summed E-state index contributed by atoms with van der Waals surface area (Å²) in [4.78, 5) is 9.09. The molecule has 1 fully saturated rings. The van der Waals surface area contributed by atoms with Gasteiger partial charge in [-0.1, -0.05) is 0 Å². The minimum absolute atomic E-state index is 0.243. The lowest BCUT2D eigenvalue weighted by molar-refractivity contribution is 0.318. The number of nitrogens with one attached hydrogen (secondary N) is 1. The summed E-state index contributed by atoms with van der Waals surface area (Å²) >= 11 is 0. The van der Waals surface area contributed by atoms with E-state index < -0.39 is 10.0 Å². The Morgan fingerprint density at radius 1 is 1.22 bits per heavy atom. The third-order valence-electron chi connectivity index (χ3n) is 4.38. The fourth-order valence-corrected chi connectivity index (χ4v) is 3.98. The van der Waals surface area contributed by atoms with Crippen molar-refractivity contribution in [3.05, 3.63) is 29.5 Å². The first kappa shape index (κ1) is 16.1. The Labute approximate surface area is 136 Å². The molecule has 2 aromatic heterocycles. The average molecular weight is 335 g/mol. The van der Waals surface area contributed by atoms with Crippen molar-refractivity contribution in [3.8, 4) is 11.3 Å². The number of H-pyrrole nitrogens is 1. The molecule has 1 aliphatic rings. The highest BCUT2D eigenvalue weighted by Gasteiger charge is 2.27. The van der Waals surface area contributed by atoms with Crippen LogP contribution < -0.4 is 0 Å². The number of piperidine rings is 1. The van der Waals surface area contributed by atoms with Gasteiger partial charge in [0.2, 0.25) is 10.0 Å². The van der Waals surface area contributed by atoms with E-state index in [-0.39, 0.29) is 5.92 Å². The zero-order valence-corrected chi connectivity index (χ0v) is 14.4. The molecular formula is C15H21N5O2S. The summed E-state index contributed by atoms with van der Waals surface area (Å²) in [5.41, 5.74) is 4.61. The van der Waals surface area contributed by atoms with Crippen molar-refractivity contribution in [1.82, 2.24) is 24.5 Å². The molecule has 0 bridgehead atoms. The maximum atomic E-state index is 11.6. The molecule has 3 heterocycles. The number of aromatic nitrogens is 4. The first-order valence-electron chi connectivity index (χ1n) is 7.65. The topological polar surface area (TPSA) is 91.8 Å². The second-order valence-corrected chi connectivity index (χ2v) is 8.06. The molecule has 0 spiro atoms. The molecule has 1 aliphatic heterocycles. The zero-order valence-electron chi connectivity index (χ0n) is 13.6. The van der Waals surface area contributed by atoms with Crippen molar-refractivity contribution in [2.75, 3.05) is 19.3 Å². The number of aromatic amines is 1. The normalized spacial score (nSPS) is 17.5. The van der Waals surface area contributed by atoms with Crippen LogP contribution in [0.4, 0.5) is 0 Å². The van der Waals surface area contributed by atoms with Crippen LogP contribution >= 0.6 is 0 Å². The summed E-state index contributed by atoms with van der Waals surface area (Å²) in [5, 5.41) is 7.17. The minimum Gasteiger partial charge on any atom is -0.282 e. The van der Waals surface area contributed by atoms with Gasteiger partial charge in [-0.15, -0.1) is 0 Å². The number of hydrogen-bond donors (Lipinski definition) is 1. The van der Waals surface area contributed by atoms with Gasteiger partial charge >= 0.3 is 0 Å². The highest BCUT2D eigenvalue weighted by molar-refractivity contribution is 7.88. The highest BCUT2D eigenvalue weighted by atomic mass is 32.2. The van der Waals surface area contributed by atoms with Gasteiger partial charge in [0.15, 0.2) is 0 Å². The molecule has 1 saturated heterocycles. The van der Waals surface area contributed by atoms with Crippen LogP contribution in [0, 0.1) is 13.8 Å². The third-order valence-corrected chi connectivity index (χ3v) is 5.68. The van der Waals surface area contributed by atoms with Crippen molar-refractivity contribution >= 4 is 10.0 Å². The molecule has 3 rings (SSSR count). The van der Waals surface area contributed by atoms with Gasteiger partial charge in [-0.2, -0.15) is 5.10 Å². The first-order chi connectivity index (χ1) is 10.9. The van der Waals surface area contributed by atoms with Crippen molar-refractivity contribution in [1.29, 1.82) is 0 Å². The monoisotopic (exact) mass is 335 g/mol. The molecule has 8 heteroatoms. The smallest absolute Gasteiger partial charge is 0.211 e. The average Bonchev–Trinajstić information content (AvgIpc) is 2.86. The molecule has 0 radical (unpaired) electrons. The van der Waals surface area contributed by atoms with E-state index in [2.05, 4.69) is 15.2 Å². The van der Waals surface area contributed by atoms with Gasteiger partial charge in [-0.05, 0) is 26.7 Å². The fourth-order valence-electron chi connectivity index (χ4n) is 3.11. The number of nitrogens with zero attached hydrogens (tertiary/aromatic N) is 4. The lowest BCUT2D eigenvalue weighted by Gasteiger charge is -2.29. The van der Waals surface area contributed by atoms with E-state index in [1.165, 1.54) is 10.6 Å². The van der Waals surface area contributed by atoms with Crippen LogP contribution in [0.5, 0.6) is 0 Å². The van der Waals surface area contributed by atoms with Crippen LogP contribution in [0.2, 0.25) is 0 Å². The number of aryl methyl sites for hydroxylation is 2. The third kappa shape index (κ3) is 3.28. The summed E-state index contributed by atoms with van der Waals surface area (Å²) in [6.07, 6.45) is 6.34. The number of sulfonamides is 1. The molecule has 23 heavy (non-hydrogen) atoms. The number of rotatable bonds is 3. The molecular weight excluding hydrogens is 314 g/mol. The summed E-state index contributed by atoms with van der Waals surface area (Å²) in [5.74, 6) is 0.243. The lowest BCUT2D eigenvalue weighted by Crippen LogP contribution is -2.37. The highest BCUT2D eigenvalue weighted by Crippen LogP contribution is 2.29.